The van der Waals surface area contributed by atoms with Gasteiger partial charge in [-0.2, -0.15) is 0 Å². The van der Waals surface area contributed by atoms with Crippen LogP contribution in [0.2, 0.25) is 10.0 Å². The summed E-state index contributed by atoms with van der Waals surface area (Å²) < 4.78 is 39.3. The minimum Gasteiger partial charge on any atom is -0.207 e. The van der Waals surface area contributed by atoms with Crippen LogP contribution in [-0.2, 0) is 16.6 Å². The van der Waals surface area contributed by atoms with Crippen molar-refractivity contribution in [2.75, 3.05) is 0 Å². The zero-order valence-electron chi connectivity index (χ0n) is 10.1. The van der Waals surface area contributed by atoms with Gasteiger partial charge in [-0.3, -0.25) is 0 Å². The first-order valence-corrected chi connectivity index (χ1v) is 7.81. The van der Waals surface area contributed by atoms with E-state index in [0.29, 0.717) is 5.56 Å². The molecular weight excluding hydrogens is 324 g/mol. The summed E-state index contributed by atoms with van der Waals surface area (Å²) in [6.07, 6.45) is 0. The Morgan fingerprint density at radius 1 is 1.00 bits per heavy atom. The summed E-state index contributed by atoms with van der Waals surface area (Å²) in [5.74, 6) is -0.377. The van der Waals surface area contributed by atoms with E-state index in [0.717, 1.165) is 0 Å². The van der Waals surface area contributed by atoms with Gasteiger partial charge in [0.05, 0.1) is 4.90 Å². The molecule has 3 nitrogen and oxygen atoms in total. The molecule has 0 amide bonds. The minimum absolute atomic E-state index is 0.0166. The fourth-order valence-corrected chi connectivity index (χ4v) is 3.29. The molecule has 7 heteroatoms. The first-order chi connectivity index (χ1) is 9.37. The number of halogens is 3. The van der Waals surface area contributed by atoms with Crippen LogP contribution in [0, 0.1) is 5.82 Å². The largest absolute Gasteiger partial charge is 0.240 e. The summed E-state index contributed by atoms with van der Waals surface area (Å²) in [7, 11) is -3.73. The van der Waals surface area contributed by atoms with E-state index in [1.165, 1.54) is 42.5 Å². The molecule has 0 fully saturated rings. The number of hydrogen-bond donors (Lipinski definition) is 1. The Morgan fingerprint density at radius 2 is 1.55 bits per heavy atom. The van der Waals surface area contributed by atoms with Crippen LogP contribution in [0.15, 0.2) is 47.4 Å². The van der Waals surface area contributed by atoms with Crippen molar-refractivity contribution < 1.29 is 12.8 Å². The number of hydrogen-bond acceptors (Lipinski definition) is 2. The summed E-state index contributed by atoms with van der Waals surface area (Å²) in [5.41, 5.74) is 0.642. The van der Waals surface area contributed by atoms with E-state index >= 15 is 0 Å². The molecule has 0 aliphatic carbocycles. The summed E-state index contributed by atoms with van der Waals surface area (Å²) >= 11 is 11.5. The summed E-state index contributed by atoms with van der Waals surface area (Å²) in [6, 6.07) is 9.59. The average molecular weight is 334 g/mol. The second kappa shape index (κ2) is 6.10. The van der Waals surface area contributed by atoms with Crippen LogP contribution >= 0.6 is 23.2 Å². The van der Waals surface area contributed by atoms with Crippen LogP contribution < -0.4 is 4.72 Å². The molecule has 0 aromatic heterocycles. The van der Waals surface area contributed by atoms with Crippen molar-refractivity contribution in [3.05, 3.63) is 63.9 Å². The Bertz CT molecular complexity index is 697. The van der Waals surface area contributed by atoms with E-state index in [1.807, 2.05) is 0 Å². The molecule has 106 valence electrons. The number of benzene rings is 2. The van der Waals surface area contributed by atoms with Gasteiger partial charge >= 0.3 is 0 Å². The topological polar surface area (TPSA) is 46.2 Å². The lowest BCUT2D eigenvalue weighted by molar-refractivity contribution is 0.581. The number of rotatable bonds is 4. The van der Waals surface area contributed by atoms with Gasteiger partial charge in [0.2, 0.25) is 10.0 Å². The van der Waals surface area contributed by atoms with E-state index in [1.54, 1.807) is 0 Å². The average Bonchev–Trinajstić information content (AvgIpc) is 2.37. The molecule has 0 heterocycles. The quantitative estimate of drug-likeness (QED) is 0.928. The van der Waals surface area contributed by atoms with Gasteiger partial charge in [0.1, 0.15) is 5.82 Å². The van der Waals surface area contributed by atoms with Crippen LogP contribution in [0.4, 0.5) is 4.39 Å². The molecule has 2 aromatic rings. The van der Waals surface area contributed by atoms with Crippen LogP contribution in [-0.4, -0.2) is 8.42 Å². The van der Waals surface area contributed by atoms with Crippen molar-refractivity contribution in [3.63, 3.8) is 0 Å². The number of sulfonamides is 1. The lowest BCUT2D eigenvalue weighted by Crippen LogP contribution is -2.23. The molecule has 0 atom stereocenters. The fourth-order valence-electron chi connectivity index (χ4n) is 1.55. The third-order valence-electron chi connectivity index (χ3n) is 2.53. The highest BCUT2D eigenvalue weighted by Gasteiger charge is 2.15. The van der Waals surface area contributed by atoms with Gasteiger partial charge in [0.25, 0.3) is 0 Å². The van der Waals surface area contributed by atoms with E-state index in [4.69, 9.17) is 23.2 Å². The maximum Gasteiger partial charge on any atom is 0.240 e. The van der Waals surface area contributed by atoms with Gasteiger partial charge in [0, 0.05) is 16.6 Å². The smallest absolute Gasteiger partial charge is 0.207 e. The molecule has 0 spiro atoms. The molecule has 2 aromatic carbocycles. The molecular formula is C13H10Cl2FNO2S. The monoisotopic (exact) mass is 333 g/mol. The maximum atomic E-state index is 12.7. The molecule has 0 saturated carbocycles. The van der Waals surface area contributed by atoms with Crippen molar-refractivity contribution in [3.8, 4) is 0 Å². The van der Waals surface area contributed by atoms with Gasteiger partial charge in [0.15, 0.2) is 0 Å². The lowest BCUT2D eigenvalue weighted by atomic mass is 10.2. The molecule has 0 aliphatic rings. The molecule has 0 bridgehead atoms. The predicted molar refractivity (Wildman–Crippen MR) is 76.9 cm³/mol. The molecule has 0 unspecified atom stereocenters. The third kappa shape index (κ3) is 3.93. The molecule has 20 heavy (non-hydrogen) atoms. The van der Waals surface area contributed by atoms with E-state index in [2.05, 4.69) is 4.72 Å². The second-order valence-electron chi connectivity index (χ2n) is 4.06. The van der Waals surface area contributed by atoms with Gasteiger partial charge in [-0.1, -0.05) is 35.3 Å². The van der Waals surface area contributed by atoms with Gasteiger partial charge < -0.3 is 0 Å². The first-order valence-electron chi connectivity index (χ1n) is 5.57. The lowest BCUT2D eigenvalue weighted by Gasteiger charge is -2.08. The van der Waals surface area contributed by atoms with Crippen LogP contribution in [0.3, 0.4) is 0 Å². The number of nitrogens with one attached hydrogen (secondary N) is 1. The SMILES string of the molecule is O=S(=O)(NCc1ccc(F)cc1)c1cc(Cl)cc(Cl)c1. The first kappa shape index (κ1) is 15.3. The molecule has 0 saturated heterocycles. The maximum absolute atomic E-state index is 12.7. The Balaban J connectivity index is 2.16. The van der Waals surface area contributed by atoms with Crippen molar-refractivity contribution in [1.82, 2.24) is 4.72 Å². The second-order valence-corrected chi connectivity index (χ2v) is 6.70. The Morgan fingerprint density at radius 3 is 2.10 bits per heavy atom. The van der Waals surface area contributed by atoms with Crippen molar-refractivity contribution >= 4 is 33.2 Å². The van der Waals surface area contributed by atoms with E-state index in [-0.39, 0.29) is 27.3 Å². The highest BCUT2D eigenvalue weighted by atomic mass is 35.5. The molecule has 2 rings (SSSR count). The van der Waals surface area contributed by atoms with Crippen molar-refractivity contribution in [2.24, 2.45) is 0 Å². The van der Waals surface area contributed by atoms with Gasteiger partial charge in [-0.25, -0.2) is 17.5 Å². The predicted octanol–water partition coefficient (Wildman–Crippen LogP) is 3.61. The molecule has 1 N–H and O–H groups in total. The Hall–Kier alpha value is -1.14. The molecule has 0 radical (unpaired) electrons. The van der Waals surface area contributed by atoms with Crippen molar-refractivity contribution in [1.29, 1.82) is 0 Å². The summed E-state index contributed by atoms with van der Waals surface area (Å²) in [5, 5.41) is 0.472. The minimum atomic E-state index is -3.73. The van der Waals surface area contributed by atoms with Gasteiger partial charge in [-0.05, 0) is 35.9 Å². The van der Waals surface area contributed by atoms with Crippen LogP contribution in [0.1, 0.15) is 5.56 Å². The summed E-state index contributed by atoms with van der Waals surface area (Å²) in [4.78, 5) is -0.0166. The normalized spacial score (nSPS) is 11.6. The molecule has 0 aliphatic heterocycles. The van der Waals surface area contributed by atoms with Gasteiger partial charge in [-0.15, -0.1) is 0 Å². The highest BCUT2D eigenvalue weighted by Crippen LogP contribution is 2.22. The standard InChI is InChI=1S/C13H10Cl2FNO2S/c14-10-5-11(15)7-13(6-10)20(18,19)17-8-9-1-3-12(16)4-2-9/h1-7,17H,8H2. The third-order valence-corrected chi connectivity index (χ3v) is 4.34. The Labute approximate surface area is 126 Å². The van der Waals surface area contributed by atoms with Crippen LogP contribution in [0.5, 0.6) is 0 Å². The van der Waals surface area contributed by atoms with Crippen LogP contribution in [0.25, 0.3) is 0 Å². The zero-order valence-corrected chi connectivity index (χ0v) is 12.4. The Kier molecular flexibility index (Phi) is 4.65. The fraction of sp³-hybridized carbons (Fsp3) is 0.0769. The zero-order chi connectivity index (χ0) is 14.8. The highest BCUT2D eigenvalue weighted by molar-refractivity contribution is 7.89. The van der Waals surface area contributed by atoms with E-state index in [9.17, 15) is 12.8 Å². The van der Waals surface area contributed by atoms with Crippen molar-refractivity contribution in [2.45, 2.75) is 11.4 Å². The summed E-state index contributed by atoms with van der Waals surface area (Å²) in [6.45, 7) is 0.0484. The van der Waals surface area contributed by atoms with E-state index < -0.39 is 10.0 Å².